The van der Waals surface area contributed by atoms with Crippen molar-refractivity contribution < 1.29 is 38.5 Å². The standard InChI is InChI=1S/C27H28O8/c1-7-14(2)24(34-17(5)28)16(4)26(32)35-27(6)22(30)12-18-11-21(33-13-19(18)25(27)31)23-15(3)9-8-10-20(23)29/h7-13,16,24,29H,1-6H3/b14-7+/t16-,24-,27-/m0/s1. The van der Waals surface area contributed by atoms with Crippen molar-refractivity contribution in [1.29, 1.82) is 0 Å². The maximum absolute atomic E-state index is 13.3. The van der Waals surface area contributed by atoms with Gasteiger partial charge in [0.25, 0.3) is 0 Å². The molecule has 0 radical (unpaired) electrons. The fraction of sp³-hybridized carbons (Fsp3) is 0.333. The predicted octanol–water partition coefficient (Wildman–Crippen LogP) is 3.87. The van der Waals surface area contributed by atoms with Gasteiger partial charge in [0.1, 0.15) is 23.9 Å². The smallest absolute Gasteiger partial charge is 0.314 e. The topological polar surface area (TPSA) is 116 Å². The molecule has 1 aliphatic carbocycles. The van der Waals surface area contributed by atoms with Gasteiger partial charge >= 0.3 is 11.9 Å². The number of esters is 2. The highest BCUT2D eigenvalue weighted by Crippen LogP contribution is 2.38. The number of benzene rings is 1. The monoisotopic (exact) mass is 480 g/mol. The van der Waals surface area contributed by atoms with Gasteiger partial charge in [-0.1, -0.05) is 18.2 Å². The van der Waals surface area contributed by atoms with Gasteiger partial charge in [0.15, 0.2) is 0 Å². The molecule has 0 fully saturated rings. The highest BCUT2D eigenvalue weighted by Gasteiger charge is 2.50. The molecule has 0 saturated heterocycles. The van der Waals surface area contributed by atoms with E-state index in [0.717, 1.165) is 5.56 Å². The number of aromatic hydroxyl groups is 1. The number of ketones is 2. The number of phenols is 1. The molecule has 8 nitrogen and oxygen atoms in total. The van der Waals surface area contributed by atoms with Gasteiger partial charge in [-0.15, -0.1) is 0 Å². The number of allylic oxidation sites excluding steroid dienone is 3. The van der Waals surface area contributed by atoms with Crippen molar-refractivity contribution in [3.63, 3.8) is 0 Å². The lowest BCUT2D eigenvalue weighted by Gasteiger charge is -2.33. The largest absolute Gasteiger partial charge is 0.507 e. The number of fused-ring (bicyclic) bond motifs is 1. The van der Waals surface area contributed by atoms with E-state index >= 15 is 0 Å². The number of aryl methyl sites for hydroxylation is 1. The van der Waals surface area contributed by atoms with E-state index in [1.54, 1.807) is 39.0 Å². The minimum Gasteiger partial charge on any atom is -0.507 e. The molecule has 0 unspecified atom stereocenters. The lowest BCUT2D eigenvalue weighted by Crippen LogP contribution is -2.52. The Morgan fingerprint density at radius 1 is 1.17 bits per heavy atom. The van der Waals surface area contributed by atoms with Crippen LogP contribution in [0.4, 0.5) is 0 Å². The predicted molar refractivity (Wildman–Crippen MR) is 127 cm³/mol. The van der Waals surface area contributed by atoms with Crippen LogP contribution >= 0.6 is 0 Å². The highest BCUT2D eigenvalue weighted by atomic mass is 16.6. The first kappa shape index (κ1) is 25.7. The molecule has 2 aliphatic rings. The summed E-state index contributed by atoms with van der Waals surface area (Å²) in [5.74, 6) is -3.59. The van der Waals surface area contributed by atoms with Crippen molar-refractivity contribution >= 4 is 29.3 Å². The van der Waals surface area contributed by atoms with Gasteiger partial charge in [-0.05, 0) is 69.5 Å². The molecular formula is C27H28O8. The Hall–Kier alpha value is -3.94. The van der Waals surface area contributed by atoms with Crippen LogP contribution in [0.1, 0.15) is 45.7 Å². The number of rotatable bonds is 6. The molecule has 8 heteroatoms. The van der Waals surface area contributed by atoms with E-state index in [4.69, 9.17) is 14.2 Å². The summed E-state index contributed by atoms with van der Waals surface area (Å²) in [6.45, 7) is 9.18. The van der Waals surface area contributed by atoms with Gasteiger partial charge in [-0.3, -0.25) is 19.2 Å². The first-order chi connectivity index (χ1) is 16.4. The number of carbonyl (C=O) groups is 4. The fourth-order valence-electron chi connectivity index (χ4n) is 3.95. The van der Waals surface area contributed by atoms with Crippen molar-refractivity contribution in [2.45, 2.75) is 53.2 Å². The summed E-state index contributed by atoms with van der Waals surface area (Å²) in [6, 6.07) is 4.99. The zero-order valence-electron chi connectivity index (χ0n) is 20.5. The second-order valence-electron chi connectivity index (χ2n) is 8.73. The highest BCUT2D eigenvalue weighted by molar-refractivity contribution is 6.26. The fourth-order valence-corrected chi connectivity index (χ4v) is 3.95. The van der Waals surface area contributed by atoms with E-state index in [2.05, 4.69) is 0 Å². The van der Waals surface area contributed by atoms with E-state index in [-0.39, 0.29) is 22.7 Å². The van der Waals surface area contributed by atoms with Crippen LogP contribution in [0.25, 0.3) is 5.76 Å². The van der Waals surface area contributed by atoms with Crippen LogP contribution in [0, 0.1) is 12.8 Å². The van der Waals surface area contributed by atoms with Crippen LogP contribution in [0.2, 0.25) is 0 Å². The average Bonchev–Trinajstić information content (AvgIpc) is 2.80. The molecule has 0 saturated carbocycles. The summed E-state index contributed by atoms with van der Waals surface area (Å²) in [5, 5.41) is 10.2. The van der Waals surface area contributed by atoms with Crippen LogP contribution in [0.5, 0.6) is 5.75 Å². The number of Topliss-reactive ketones (excluding diaryl/α,β-unsaturated/α-hetero) is 1. The summed E-state index contributed by atoms with van der Waals surface area (Å²) in [5.41, 5.74) is 0.0456. The van der Waals surface area contributed by atoms with E-state index in [1.165, 1.54) is 45.3 Å². The Morgan fingerprint density at radius 2 is 1.86 bits per heavy atom. The number of phenolic OH excluding ortho intramolecular Hbond substituents is 1. The van der Waals surface area contributed by atoms with Crippen LogP contribution in [-0.4, -0.2) is 40.3 Å². The Labute approximate surface area is 203 Å². The van der Waals surface area contributed by atoms with Gasteiger partial charge in [0.05, 0.1) is 17.1 Å². The molecule has 0 spiro atoms. The van der Waals surface area contributed by atoms with Crippen molar-refractivity contribution in [2.24, 2.45) is 5.92 Å². The summed E-state index contributed by atoms with van der Waals surface area (Å²) >= 11 is 0. The lowest BCUT2D eigenvalue weighted by molar-refractivity contribution is -0.175. The third-order valence-electron chi connectivity index (χ3n) is 6.16. The van der Waals surface area contributed by atoms with Gasteiger partial charge < -0.3 is 19.3 Å². The summed E-state index contributed by atoms with van der Waals surface area (Å²) < 4.78 is 16.4. The maximum Gasteiger partial charge on any atom is 0.314 e. The van der Waals surface area contributed by atoms with E-state index in [1.807, 2.05) is 0 Å². The summed E-state index contributed by atoms with van der Waals surface area (Å²) in [6.07, 6.45) is 4.68. The van der Waals surface area contributed by atoms with Gasteiger partial charge in [0, 0.05) is 6.92 Å². The van der Waals surface area contributed by atoms with Crippen LogP contribution < -0.4 is 0 Å². The molecule has 1 heterocycles. The Kier molecular flexibility index (Phi) is 7.14. The van der Waals surface area contributed by atoms with E-state index in [0.29, 0.717) is 11.1 Å². The number of ether oxygens (including phenoxy) is 3. The second-order valence-corrected chi connectivity index (χ2v) is 8.73. The molecule has 1 aliphatic heterocycles. The van der Waals surface area contributed by atoms with E-state index in [9.17, 15) is 24.3 Å². The molecule has 1 N–H and O–H groups in total. The molecule has 3 atom stereocenters. The van der Waals surface area contributed by atoms with E-state index < -0.39 is 41.1 Å². The number of hydrogen-bond acceptors (Lipinski definition) is 8. The minimum atomic E-state index is -2.11. The third-order valence-corrected chi connectivity index (χ3v) is 6.16. The quantitative estimate of drug-likeness (QED) is 0.371. The zero-order chi connectivity index (χ0) is 26.1. The summed E-state index contributed by atoms with van der Waals surface area (Å²) in [7, 11) is 0. The molecular weight excluding hydrogens is 452 g/mol. The second kappa shape index (κ2) is 9.74. The number of carbonyl (C=O) groups excluding carboxylic acids is 4. The Bertz CT molecular complexity index is 1210. The molecule has 184 valence electrons. The third kappa shape index (κ3) is 4.82. The SMILES string of the molecule is C/C=C(\C)[C@H](OC(C)=O)[C@H](C)C(=O)O[C@@]1(C)C(=O)C=C2C=C(c3c(C)cccc3O)OC=C2C1=O. The molecule has 3 rings (SSSR count). The first-order valence-corrected chi connectivity index (χ1v) is 11.1. The van der Waals surface area contributed by atoms with Gasteiger partial charge in [-0.2, -0.15) is 0 Å². The molecule has 1 aromatic rings. The first-order valence-electron chi connectivity index (χ1n) is 11.1. The van der Waals surface area contributed by atoms with Gasteiger partial charge in [-0.25, -0.2) is 0 Å². The number of hydrogen-bond donors (Lipinski definition) is 1. The van der Waals surface area contributed by atoms with Gasteiger partial charge in [0.2, 0.25) is 17.2 Å². The van der Waals surface area contributed by atoms with Crippen molar-refractivity contribution in [1.82, 2.24) is 0 Å². The van der Waals surface area contributed by atoms with Crippen molar-refractivity contribution in [2.75, 3.05) is 0 Å². The van der Waals surface area contributed by atoms with Crippen LogP contribution in [0.3, 0.4) is 0 Å². The Morgan fingerprint density at radius 3 is 2.46 bits per heavy atom. The molecule has 0 aromatic heterocycles. The zero-order valence-corrected chi connectivity index (χ0v) is 20.5. The lowest BCUT2D eigenvalue weighted by atomic mass is 9.80. The minimum absolute atomic E-state index is 0.00586. The molecule has 0 amide bonds. The molecule has 1 aromatic carbocycles. The van der Waals surface area contributed by atoms with Crippen molar-refractivity contribution in [3.8, 4) is 5.75 Å². The maximum atomic E-state index is 13.3. The van der Waals surface area contributed by atoms with Crippen LogP contribution in [-0.2, 0) is 33.4 Å². The average molecular weight is 481 g/mol. The Balaban J connectivity index is 1.91. The molecule has 35 heavy (non-hydrogen) atoms. The normalized spacial score (nSPS) is 21.5. The molecule has 0 bridgehead atoms. The van der Waals surface area contributed by atoms with Crippen molar-refractivity contribution in [3.05, 3.63) is 70.5 Å². The summed E-state index contributed by atoms with van der Waals surface area (Å²) in [4.78, 5) is 50.8. The van der Waals surface area contributed by atoms with Crippen LogP contribution in [0.15, 0.2) is 59.4 Å².